The molecule has 1 aliphatic heterocycles. The molecular formula is C33H34N4O4S3. The van der Waals surface area contributed by atoms with Crippen LogP contribution in [0.25, 0.3) is 23.0 Å². The predicted molar refractivity (Wildman–Crippen MR) is 180 cm³/mol. The van der Waals surface area contributed by atoms with Gasteiger partial charge in [-0.15, -0.1) is 0 Å². The summed E-state index contributed by atoms with van der Waals surface area (Å²) in [5.41, 5.74) is 3.63. The van der Waals surface area contributed by atoms with Crippen molar-refractivity contribution in [2.45, 2.75) is 38.1 Å². The number of nitrogens with zero attached hydrogens (tertiary/aromatic N) is 4. The van der Waals surface area contributed by atoms with Crippen LogP contribution in [0.15, 0.2) is 94.9 Å². The summed E-state index contributed by atoms with van der Waals surface area (Å²) in [7, 11) is -2.09. The zero-order chi connectivity index (χ0) is 31.3. The SMILES string of the molecule is CCCN(CCC)S(=O)(=O)c1cccc(-c2nn(-c3ccccc3)cc2C=C2SC(=S)N(Cc3ccc(OC)cc3)C2=O)c1. The molecule has 0 N–H and O–H groups in total. The van der Waals surface area contributed by atoms with Crippen molar-refractivity contribution in [2.24, 2.45) is 0 Å². The van der Waals surface area contributed by atoms with Gasteiger partial charge in [0.1, 0.15) is 15.8 Å². The number of hydrogen-bond donors (Lipinski definition) is 0. The Bertz CT molecular complexity index is 1780. The highest BCUT2D eigenvalue weighted by atomic mass is 32.2. The van der Waals surface area contributed by atoms with E-state index in [4.69, 9.17) is 22.1 Å². The number of hydrogen-bond acceptors (Lipinski definition) is 7. The van der Waals surface area contributed by atoms with Gasteiger partial charge in [-0.3, -0.25) is 9.69 Å². The molecule has 2 heterocycles. The van der Waals surface area contributed by atoms with E-state index in [2.05, 4.69) is 0 Å². The first kappa shape index (κ1) is 31.6. The summed E-state index contributed by atoms with van der Waals surface area (Å²) >= 11 is 6.84. The second-order valence-electron chi connectivity index (χ2n) is 10.3. The molecule has 0 aliphatic carbocycles. The molecule has 1 aromatic heterocycles. The van der Waals surface area contributed by atoms with Gasteiger partial charge in [-0.1, -0.05) is 80.3 Å². The fourth-order valence-corrected chi connectivity index (χ4v) is 7.84. The topological polar surface area (TPSA) is 84.7 Å². The van der Waals surface area contributed by atoms with E-state index in [-0.39, 0.29) is 10.8 Å². The van der Waals surface area contributed by atoms with Gasteiger partial charge in [0.15, 0.2) is 0 Å². The van der Waals surface area contributed by atoms with Crippen LogP contribution in [0.1, 0.15) is 37.8 Å². The molecule has 0 bridgehead atoms. The standard InChI is InChI=1S/C33H34N4O4S3/c1-4-18-35(19-5-2)44(39,40)29-13-9-10-25(20-29)31-26(23-37(34-31)27-11-7-6-8-12-27)21-30-32(38)36(33(42)43-30)22-24-14-16-28(41-3)17-15-24/h6-17,20-21,23H,4-5,18-19,22H2,1-3H3. The molecule has 1 amide bonds. The Kier molecular flexibility index (Phi) is 10.00. The summed E-state index contributed by atoms with van der Waals surface area (Å²) in [6.45, 7) is 5.18. The van der Waals surface area contributed by atoms with E-state index in [1.165, 1.54) is 16.1 Å². The van der Waals surface area contributed by atoms with Crippen LogP contribution in [0, 0.1) is 0 Å². The van der Waals surface area contributed by atoms with Gasteiger partial charge in [0.2, 0.25) is 10.0 Å². The van der Waals surface area contributed by atoms with Crippen LogP contribution >= 0.6 is 24.0 Å². The molecule has 228 valence electrons. The van der Waals surface area contributed by atoms with E-state index in [0.29, 0.717) is 45.7 Å². The quantitative estimate of drug-likeness (QED) is 0.124. The predicted octanol–water partition coefficient (Wildman–Crippen LogP) is 6.76. The molecule has 8 nitrogen and oxygen atoms in total. The number of para-hydroxylation sites is 1. The maximum atomic E-state index is 13.6. The first-order chi connectivity index (χ1) is 21.2. The van der Waals surface area contributed by atoms with Gasteiger partial charge in [0, 0.05) is 30.4 Å². The maximum Gasteiger partial charge on any atom is 0.266 e. The molecule has 5 rings (SSSR count). The lowest BCUT2D eigenvalue weighted by Gasteiger charge is -2.21. The lowest BCUT2D eigenvalue weighted by atomic mass is 10.1. The number of carbonyl (C=O) groups is 1. The average Bonchev–Trinajstić information content (AvgIpc) is 3.58. The highest BCUT2D eigenvalue weighted by molar-refractivity contribution is 8.26. The van der Waals surface area contributed by atoms with Crippen molar-refractivity contribution in [1.29, 1.82) is 0 Å². The van der Waals surface area contributed by atoms with Crippen molar-refractivity contribution >= 4 is 50.3 Å². The first-order valence-corrected chi connectivity index (χ1v) is 17.1. The number of ether oxygens (including phenoxy) is 1. The second kappa shape index (κ2) is 13.9. The van der Waals surface area contributed by atoms with Gasteiger partial charge < -0.3 is 4.74 Å². The first-order valence-electron chi connectivity index (χ1n) is 14.4. The Balaban J connectivity index is 1.53. The van der Waals surface area contributed by atoms with E-state index in [1.807, 2.05) is 80.7 Å². The van der Waals surface area contributed by atoms with Crippen molar-refractivity contribution in [3.63, 3.8) is 0 Å². The van der Waals surface area contributed by atoms with Crippen LogP contribution in [0.4, 0.5) is 0 Å². The van der Waals surface area contributed by atoms with Crippen LogP contribution < -0.4 is 4.74 Å². The number of rotatable bonds is 12. The van der Waals surface area contributed by atoms with Crippen molar-refractivity contribution in [2.75, 3.05) is 20.2 Å². The number of benzene rings is 3. The highest BCUT2D eigenvalue weighted by Gasteiger charge is 2.33. The minimum absolute atomic E-state index is 0.194. The minimum atomic E-state index is -3.70. The average molecular weight is 647 g/mol. The van der Waals surface area contributed by atoms with Gasteiger partial charge >= 0.3 is 0 Å². The van der Waals surface area contributed by atoms with Crippen LogP contribution in [0.5, 0.6) is 5.75 Å². The number of methoxy groups -OCH3 is 1. The Morgan fingerprint density at radius 2 is 1.68 bits per heavy atom. The summed E-state index contributed by atoms with van der Waals surface area (Å²) in [5, 5.41) is 4.87. The van der Waals surface area contributed by atoms with Gasteiger partial charge in [0.25, 0.3) is 5.91 Å². The fraction of sp³-hybridized carbons (Fsp3) is 0.242. The fourth-order valence-electron chi connectivity index (χ4n) is 4.93. The number of sulfonamides is 1. The van der Waals surface area contributed by atoms with E-state index in [0.717, 1.165) is 29.8 Å². The third-order valence-electron chi connectivity index (χ3n) is 7.11. The summed E-state index contributed by atoms with van der Waals surface area (Å²) < 4.78 is 36.2. The lowest BCUT2D eigenvalue weighted by Crippen LogP contribution is -2.32. The number of carbonyl (C=O) groups excluding carboxylic acids is 1. The molecule has 0 unspecified atom stereocenters. The van der Waals surface area contributed by atoms with Crippen LogP contribution in [-0.4, -0.2) is 57.8 Å². The van der Waals surface area contributed by atoms with Gasteiger partial charge in [0.05, 0.1) is 29.1 Å². The molecule has 3 aromatic carbocycles. The zero-order valence-corrected chi connectivity index (χ0v) is 27.3. The molecular weight excluding hydrogens is 613 g/mol. The number of aromatic nitrogens is 2. The Hall–Kier alpha value is -3.77. The highest BCUT2D eigenvalue weighted by Crippen LogP contribution is 2.36. The van der Waals surface area contributed by atoms with E-state index >= 15 is 0 Å². The summed E-state index contributed by atoms with van der Waals surface area (Å²) in [6, 6.07) is 24.0. The van der Waals surface area contributed by atoms with Crippen LogP contribution in [0.3, 0.4) is 0 Å². The molecule has 11 heteroatoms. The molecule has 4 aromatic rings. The Morgan fingerprint density at radius 3 is 2.34 bits per heavy atom. The Morgan fingerprint density at radius 1 is 0.977 bits per heavy atom. The van der Waals surface area contributed by atoms with Gasteiger partial charge in [-0.05, 0) is 60.9 Å². The molecule has 0 atom stereocenters. The van der Waals surface area contributed by atoms with E-state index in [1.54, 1.807) is 41.0 Å². The summed E-state index contributed by atoms with van der Waals surface area (Å²) in [4.78, 5) is 15.8. The molecule has 1 aliphatic rings. The molecule has 1 fully saturated rings. The third-order valence-corrected chi connectivity index (χ3v) is 10.4. The van der Waals surface area contributed by atoms with Crippen molar-refractivity contribution < 1.29 is 17.9 Å². The number of thiocarbonyl (C=S) groups is 1. The lowest BCUT2D eigenvalue weighted by molar-refractivity contribution is -0.122. The van der Waals surface area contributed by atoms with Crippen LogP contribution in [-0.2, 0) is 21.4 Å². The summed E-state index contributed by atoms with van der Waals surface area (Å²) in [6.07, 6.45) is 5.08. The monoisotopic (exact) mass is 646 g/mol. The molecule has 0 saturated carbocycles. The van der Waals surface area contributed by atoms with Crippen molar-refractivity contribution in [1.82, 2.24) is 19.0 Å². The van der Waals surface area contributed by atoms with E-state index in [9.17, 15) is 13.2 Å². The Labute approximate surface area is 268 Å². The van der Waals surface area contributed by atoms with Gasteiger partial charge in [-0.2, -0.15) is 9.40 Å². The van der Waals surface area contributed by atoms with Crippen molar-refractivity contribution in [3.05, 3.63) is 101 Å². The van der Waals surface area contributed by atoms with Crippen molar-refractivity contribution in [3.8, 4) is 22.7 Å². The molecule has 44 heavy (non-hydrogen) atoms. The molecule has 1 saturated heterocycles. The van der Waals surface area contributed by atoms with E-state index < -0.39 is 10.0 Å². The summed E-state index contributed by atoms with van der Waals surface area (Å²) in [5.74, 6) is 0.544. The zero-order valence-electron chi connectivity index (χ0n) is 24.8. The van der Waals surface area contributed by atoms with Crippen LogP contribution in [0.2, 0.25) is 0 Å². The largest absolute Gasteiger partial charge is 0.497 e. The van der Waals surface area contributed by atoms with Gasteiger partial charge in [-0.25, -0.2) is 13.1 Å². The smallest absolute Gasteiger partial charge is 0.266 e. The molecule has 0 radical (unpaired) electrons. The third kappa shape index (κ3) is 6.81. The normalized spacial score (nSPS) is 14.6. The second-order valence-corrected chi connectivity index (χ2v) is 13.9. The number of amides is 1. The maximum absolute atomic E-state index is 13.6. The number of thioether (sulfide) groups is 1. The minimum Gasteiger partial charge on any atom is -0.497 e. The molecule has 0 spiro atoms.